The lowest BCUT2D eigenvalue weighted by molar-refractivity contribution is -0.387. The molecule has 0 saturated heterocycles. The van der Waals surface area contributed by atoms with Crippen molar-refractivity contribution in [2.24, 2.45) is 7.05 Å². The van der Waals surface area contributed by atoms with Crippen molar-refractivity contribution in [1.82, 2.24) is 9.78 Å². The molecule has 15 heavy (non-hydrogen) atoms. The van der Waals surface area contributed by atoms with Crippen LogP contribution in [0.4, 0.5) is 5.69 Å². The van der Waals surface area contributed by atoms with Crippen molar-refractivity contribution < 1.29 is 15.1 Å². The molecule has 0 spiro atoms. The molecule has 1 aromatic heterocycles. The molecule has 0 aliphatic carbocycles. The second-order valence-electron chi connectivity index (χ2n) is 2.90. The fraction of sp³-hybridized carbons (Fsp3) is 0.571. The van der Waals surface area contributed by atoms with E-state index in [1.807, 2.05) is 0 Å². The van der Waals surface area contributed by atoms with E-state index in [4.69, 9.17) is 10.2 Å². The number of aryl methyl sites for hydroxylation is 1. The van der Waals surface area contributed by atoms with E-state index in [2.05, 4.69) is 5.10 Å². The quantitative estimate of drug-likeness (QED) is 0.414. The first-order chi connectivity index (χ1) is 7.04. The Balaban J connectivity index is 2.71. The molecule has 1 aromatic rings. The van der Waals surface area contributed by atoms with E-state index < -0.39 is 11.0 Å². The van der Waals surface area contributed by atoms with Crippen LogP contribution in [-0.2, 0) is 7.05 Å². The molecule has 0 aliphatic rings. The van der Waals surface area contributed by atoms with Crippen LogP contribution < -0.4 is 0 Å². The van der Waals surface area contributed by atoms with E-state index in [0.29, 0.717) is 0 Å². The van der Waals surface area contributed by atoms with Crippen molar-refractivity contribution in [2.75, 3.05) is 12.4 Å². The highest BCUT2D eigenvalue weighted by Crippen LogP contribution is 2.27. The molecule has 0 amide bonds. The zero-order chi connectivity index (χ0) is 11.4. The third kappa shape index (κ3) is 3.18. The summed E-state index contributed by atoms with van der Waals surface area (Å²) >= 11 is 1.05. The summed E-state index contributed by atoms with van der Waals surface area (Å²) in [6.45, 7) is -0.367. The van der Waals surface area contributed by atoms with Gasteiger partial charge in [0.15, 0.2) is 5.03 Å². The molecule has 0 fully saturated rings. The standard InChI is InChI=1S/C7H11N3O4S/c1-9-2-6(10(13)14)7(8-9)15-4-5(12)3-11/h2,5,11-12H,3-4H2,1H3. The topological polar surface area (TPSA) is 101 Å². The Morgan fingerprint density at radius 1 is 1.80 bits per heavy atom. The largest absolute Gasteiger partial charge is 0.394 e. The maximum atomic E-state index is 10.6. The van der Waals surface area contributed by atoms with Gasteiger partial charge in [-0.15, -0.1) is 0 Å². The normalized spacial score (nSPS) is 12.7. The predicted molar refractivity (Wildman–Crippen MR) is 53.7 cm³/mol. The first-order valence-electron chi connectivity index (χ1n) is 4.14. The molecule has 2 N–H and O–H groups in total. The average Bonchev–Trinajstić information content (AvgIpc) is 2.56. The molecule has 0 aliphatic heterocycles. The number of thioether (sulfide) groups is 1. The van der Waals surface area contributed by atoms with Gasteiger partial charge in [-0.25, -0.2) is 0 Å². The van der Waals surface area contributed by atoms with E-state index in [-0.39, 0.29) is 23.1 Å². The van der Waals surface area contributed by atoms with Gasteiger partial charge in [0.1, 0.15) is 6.20 Å². The summed E-state index contributed by atoms with van der Waals surface area (Å²) in [6.07, 6.45) is 0.407. The highest BCUT2D eigenvalue weighted by molar-refractivity contribution is 7.99. The monoisotopic (exact) mass is 233 g/mol. The van der Waals surface area contributed by atoms with Crippen LogP contribution in [0.25, 0.3) is 0 Å². The lowest BCUT2D eigenvalue weighted by atomic mass is 10.4. The molecule has 1 unspecified atom stereocenters. The molecule has 0 bridgehead atoms. The van der Waals surface area contributed by atoms with Gasteiger partial charge in [0.25, 0.3) is 0 Å². The van der Waals surface area contributed by atoms with Crippen LogP contribution in [-0.4, -0.2) is 43.4 Å². The first kappa shape index (κ1) is 12.0. The Morgan fingerprint density at radius 3 is 3.00 bits per heavy atom. The summed E-state index contributed by atoms with van der Waals surface area (Å²) in [5.74, 6) is 0.175. The van der Waals surface area contributed by atoms with Gasteiger partial charge in [0.2, 0.25) is 0 Å². The molecule has 0 radical (unpaired) electrons. The molecule has 8 heteroatoms. The number of aliphatic hydroxyl groups is 2. The minimum absolute atomic E-state index is 0.0901. The van der Waals surface area contributed by atoms with Crippen LogP contribution in [0, 0.1) is 10.1 Å². The lowest BCUT2D eigenvalue weighted by Crippen LogP contribution is -2.14. The number of aliphatic hydroxyl groups excluding tert-OH is 2. The number of nitro groups is 1. The molecule has 1 heterocycles. The van der Waals surface area contributed by atoms with Crippen LogP contribution >= 0.6 is 11.8 Å². The fourth-order valence-corrected chi connectivity index (χ4v) is 1.83. The van der Waals surface area contributed by atoms with Crippen molar-refractivity contribution >= 4 is 17.4 Å². The van der Waals surface area contributed by atoms with Crippen molar-refractivity contribution in [1.29, 1.82) is 0 Å². The van der Waals surface area contributed by atoms with Gasteiger partial charge in [0, 0.05) is 12.8 Å². The van der Waals surface area contributed by atoms with E-state index in [1.54, 1.807) is 7.05 Å². The minimum Gasteiger partial charge on any atom is -0.394 e. The molecule has 7 nitrogen and oxygen atoms in total. The average molecular weight is 233 g/mol. The number of nitrogens with zero attached hydrogens (tertiary/aromatic N) is 3. The van der Waals surface area contributed by atoms with E-state index in [0.717, 1.165) is 11.8 Å². The zero-order valence-electron chi connectivity index (χ0n) is 8.03. The van der Waals surface area contributed by atoms with Crippen LogP contribution in [0.2, 0.25) is 0 Å². The molecule has 1 atom stereocenters. The van der Waals surface area contributed by atoms with E-state index >= 15 is 0 Å². The minimum atomic E-state index is -0.892. The Hall–Kier alpha value is -1.12. The second kappa shape index (κ2) is 5.10. The smallest absolute Gasteiger partial charge is 0.320 e. The summed E-state index contributed by atoms with van der Waals surface area (Å²) in [4.78, 5) is 10.0. The van der Waals surface area contributed by atoms with Crippen molar-refractivity contribution in [3.8, 4) is 0 Å². The van der Waals surface area contributed by atoms with Gasteiger partial charge in [0.05, 0.1) is 17.6 Å². The molecule has 0 aromatic carbocycles. The number of aromatic nitrogens is 2. The molecule has 1 rings (SSSR count). The van der Waals surface area contributed by atoms with Crippen molar-refractivity contribution in [3.63, 3.8) is 0 Å². The summed E-state index contributed by atoms with van der Waals surface area (Å²) < 4.78 is 1.34. The highest BCUT2D eigenvalue weighted by atomic mass is 32.2. The third-order valence-electron chi connectivity index (χ3n) is 1.60. The van der Waals surface area contributed by atoms with Crippen LogP contribution in [0.15, 0.2) is 11.2 Å². The van der Waals surface area contributed by atoms with Crippen LogP contribution in [0.1, 0.15) is 0 Å². The number of rotatable bonds is 5. The number of hydrogen-bond donors (Lipinski definition) is 2. The van der Waals surface area contributed by atoms with Crippen LogP contribution in [0.5, 0.6) is 0 Å². The van der Waals surface area contributed by atoms with E-state index in [1.165, 1.54) is 10.9 Å². The van der Waals surface area contributed by atoms with Gasteiger partial charge < -0.3 is 10.2 Å². The van der Waals surface area contributed by atoms with Gasteiger partial charge in [-0.2, -0.15) is 5.10 Å². The Kier molecular flexibility index (Phi) is 4.06. The lowest BCUT2D eigenvalue weighted by Gasteiger charge is -2.03. The predicted octanol–water partition coefficient (Wildman–Crippen LogP) is -0.226. The van der Waals surface area contributed by atoms with Crippen molar-refractivity contribution in [3.05, 3.63) is 16.3 Å². The fourth-order valence-electron chi connectivity index (χ4n) is 0.911. The summed E-state index contributed by atoms with van der Waals surface area (Å²) in [5, 5.41) is 32.4. The molecular formula is C7H11N3O4S. The van der Waals surface area contributed by atoms with E-state index in [9.17, 15) is 10.1 Å². The van der Waals surface area contributed by atoms with Gasteiger partial charge in [-0.3, -0.25) is 14.8 Å². The third-order valence-corrected chi connectivity index (χ3v) is 2.71. The molecule has 0 saturated carbocycles. The maximum Gasteiger partial charge on any atom is 0.320 e. The zero-order valence-corrected chi connectivity index (χ0v) is 8.85. The summed E-state index contributed by atoms with van der Waals surface area (Å²) in [5.41, 5.74) is -0.0901. The van der Waals surface area contributed by atoms with Gasteiger partial charge in [-0.1, -0.05) is 11.8 Å². The van der Waals surface area contributed by atoms with Crippen LogP contribution in [0.3, 0.4) is 0 Å². The maximum absolute atomic E-state index is 10.6. The summed E-state index contributed by atoms with van der Waals surface area (Å²) in [7, 11) is 1.58. The van der Waals surface area contributed by atoms with Gasteiger partial charge in [-0.05, 0) is 0 Å². The highest BCUT2D eigenvalue weighted by Gasteiger charge is 2.19. The Labute approximate surface area is 89.9 Å². The molecule has 84 valence electrons. The number of hydrogen-bond acceptors (Lipinski definition) is 6. The SMILES string of the molecule is Cn1cc([N+](=O)[O-])c(SCC(O)CO)n1. The second-order valence-corrected chi connectivity index (χ2v) is 3.91. The first-order valence-corrected chi connectivity index (χ1v) is 5.13. The van der Waals surface area contributed by atoms with Crippen molar-refractivity contribution in [2.45, 2.75) is 11.1 Å². The summed E-state index contributed by atoms with van der Waals surface area (Å²) in [6, 6.07) is 0. The van der Waals surface area contributed by atoms with Gasteiger partial charge >= 0.3 is 5.69 Å². The Morgan fingerprint density at radius 2 is 2.47 bits per heavy atom. The molecular weight excluding hydrogens is 222 g/mol. The Bertz CT molecular complexity index is 354.